The fourth-order valence-corrected chi connectivity index (χ4v) is 2.90. The molecule has 4 nitrogen and oxygen atoms in total. The molecule has 0 amide bonds. The van der Waals surface area contributed by atoms with Gasteiger partial charge in [0, 0.05) is 5.69 Å². The molecule has 0 bridgehead atoms. The first kappa shape index (κ1) is 19.9. The summed E-state index contributed by atoms with van der Waals surface area (Å²) in [5, 5.41) is 7.05. The van der Waals surface area contributed by atoms with Crippen molar-refractivity contribution >= 4 is 29.0 Å². The van der Waals surface area contributed by atoms with Gasteiger partial charge in [-0.15, -0.1) is 0 Å². The lowest BCUT2D eigenvalue weighted by Crippen LogP contribution is -2.31. The maximum absolute atomic E-state index is 11.8. The average molecular weight is 371 g/mol. The van der Waals surface area contributed by atoms with E-state index in [1.807, 2.05) is 13.0 Å². The summed E-state index contributed by atoms with van der Waals surface area (Å²) in [5.74, 6) is -0.314. The molecule has 2 N–H and O–H groups in total. The van der Waals surface area contributed by atoms with Crippen molar-refractivity contribution in [1.29, 1.82) is 0 Å². The van der Waals surface area contributed by atoms with Crippen molar-refractivity contribution in [2.45, 2.75) is 40.7 Å². The summed E-state index contributed by atoms with van der Waals surface area (Å²) in [7, 11) is 0. The largest absolute Gasteiger partial charge is 0.462 e. The first-order valence-electron chi connectivity index (χ1n) is 8.74. The summed E-state index contributed by atoms with van der Waals surface area (Å²) < 4.78 is 5.03. The van der Waals surface area contributed by atoms with Crippen LogP contribution in [0, 0.1) is 20.8 Å². The van der Waals surface area contributed by atoms with Gasteiger partial charge in [0.15, 0.2) is 5.11 Å². The molecule has 0 unspecified atom stereocenters. The van der Waals surface area contributed by atoms with Crippen molar-refractivity contribution in [3.8, 4) is 0 Å². The second-order valence-corrected chi connectivity index (χ2v) is 6.82. The number of benzene rings is 2. The molecule has 0 saturated carbocycles. The van der Waals surface area contributed by atoms with Crippen LogP contribution in [0.15, 0.2) is 36.4 Å². The smallest absolute Gasteiger partial charge is 0.338 e. The average Bonchev–Trinajstić information content (AvgIpc) is 2.59. The molecule has 0 aliphatic carbocycles. The highest BCUT2D eigenvalue weighted by molar-refractivity contribution is 7.80. The Labute approximate surface area is 161 Å². The Morgan fingerprint density at radius 2 is 1.81 bits per heavy atom. The topological polar surface area (TPSA) is 50.4 Å². The van der Waals surface area contributed by atoms with Crippen molar-refractivity contribution in [1.82, 2.24) is 5.32 Å². The van der Waals surface area contributed by atoms with Crippen molar-refractivity contribution in [3.63, 3.8) is 0 Å². The number of esters is 1. The van der Waals surface area contributed by atoms with Crippen LogP contribution in [0.5, 0.6) is 0 Å². The van der Waals surface area contributed by atoms with E-state index < -0.39 is 0 Å². The SMILES string of the molecule is CCOC(=O)c1ccc(NC(=S)N[C@H](C)c2ccc(C)c(C)c2)c(C)c1. The molecule has 0 aliphatic rings. The lowest BCUT2D eigenvalue weighted by molar-refractivity contribution is 0.0526. The number of aryl methyl sites for hydroxylation is 3. The number of rotatable bonds is 5. The number of hydrogen-bond donors (Lipinski definition) is 2. The Bertz CT molecular complexity index is 818. The zero-order chi connectivity index (χ0) is 19.3. The molecule has 0 saturated heterocycles. The molecule has 0 heterocycles. The molecular weight excluding hydrogens is 344 g/mol. The third kappa shape index (κ3) is 5.05. The molecule has 2 rings (SSSR count). The minimum atomic E-state index is -0.314. The maximum Gasteiger partial charge on any atom is 0.338 e. The number of carbonyl (C=O) groups excluding carboxylic acids is 1. The molecule has 2 aromatic carbocycles. The summed E-state index contributed by atoms with van der Waals surface area (Å²) in [5.41, 5.74) is 6.06. The molecule has 5 heteroatoms. The highest BCUT2D eigenvalue weighted by Crippen LogP contribution is 2.19. The van der Waals surface area contributed by atoms with Gasteiger partial charge in [0.05, 0.1) is 18.2 Å². The van der Waals surface area contributed by atoms with E-state index in [0.29, 0.717) is 17.3 Å². The molecule has 2 aromatic rings. The van der Waals surface area contributed by atoms with Gasteiger partial charge in [-0.25, -0.2) is 4.79 Å². The quantitative estimate of drug-likeness (QED) is 0.583. The second-order valence-electron chi connectivity index (χ2n) is 6.41. The molecule has 26 heavy (non-hydrogen) atoms. The van der Waals surface area contributed by atoms with E-state index in [2.05, 4.69) is 49.6 Å². The molecular formula is C21H26N2O2S. The molecule has 0 spiro atoms. The summed E-state index contributed by atoms with van der Waals surface area (Å²) >= 11 is 5.44. The molecule has 0 aromatic heterocycles. The van der Waals surface area contributed by atoms with Crippen LogP contribution < -0.4 is 10.6 Å². The van der Waals surface area contributed by atoms with E-state index in [1.165, 1.54) is 16.7 Å². The zero-order valence-electron chi connectivity index (χ0n) is 16.0. The van der Waals surface area contributed by atoms with Gasteiger partial charge in [0.1, 0.15) is 0 Å². The third-order valence-electron chi connectivity index (χ3n) is 4.36. The van der Waals surface area contributed by atoms with E-state index in [9.17, 15) is 4.79 Å². The van der Waals surface area contributed by atoms with Crippen LogP contribution in [0.4, 0.5) is 5.69 Å². The van der Waals surface area contributed by atoms with Crippen LogP contribution in [0.2, 0.25) is 0 Å². The van der Waals surface area contributed by atoms with E-state index in [-0.39, 0.29) is 12.0 Å². The standard InChI is InChI=1S/C21H26N2O2S/c1-6-25-20(24)18-9-10-19(15(4)12-18)23-21(26)22-16(5)17-8-7-13(2)14(3)11-17/h7-12,16H,6H2,1-5H3,(H2,22,23,26)/t16-/m1/s1. The van der Waals surface area contributed by atoms with Gasteiger partial charge in [-0.3, -0.25) is 0 Å². The molecule has 138 valence electrons. The number of ether oxygens (including phenoxy) is 1. The van der Waals surface area contributed by atoms with Gasteiger partial charge < -0.3 is 15.4 Å². The molecule has 0 fully saturated rings. The summed E-state index contributed by atoms with van der Waals surface area (Å²) in [6.45, 7) is 10.4. The van der Waals surface area contributed by atoms with E-state index in [1.54, 1.807) is 19.1 Å². The number of anilines is 1. The lowest BCUT2D eigenvalue weighted by atomic mass is 10.0. The van der Waals surface area contributed by atoms with Crippen LogP contribution in [-0.2, 0) is 4.74 Å². The lowest BCUT2D eigenvalue weighted by Gasteiger charge is -2.19. The minimum absolute atomic E-state index is 0.0911. The molecule has 0 aliphatic heterocycles. The minimum Gasteiger partial charge on any atom is -0.462 e. The Morgan fingerprint density at radius 3 is 2.42 bits per heavy atom. The normalized spacial score (nSPS) is 11.6. The first-order valence-corrected chi connectivity index (χ1v) is 9.15. The Morgan fingerprint density at radius 1 is 1.08 bits per heavy atom. The van der Waals surface area contributed by atoms with Gasteiger partial charge in [-0.1, -0.05) is 18.2 Å². The first-order chi connectivity index (χ1) is 12.3. The number of thiocarbonyl (C=S) groups is 1. The monoisotopic (exact) mass is 370 g/mol. The van der Waals surface area contributed by atoms with E-state index >= 15 is 0 Å². The third-order valence-corrected chi connectivity index (χ3v) is 4.58. The Kier molecular flexibility index (Phi) is 6.75. The van der Waals surface area contributed by atoms with Gasteiger partial charge in [-0.05, 0) is 87.3 Å². The number of carbonyl (C=O) groups is 1. The van der Waals surface area contributed by atoms with Crippen LogP contribution in [0.1, 0.15) is 52.5 Å². The highest BCUT2D eigenvalue weighted by Gasteiger charge is 2.11. The number of nitrogens with one attached hydrogen (secondary N) is 2. The fraction of sp³-hybridized carbons (Fsp3) is 0.333. The Hall–Kier alpha value is -2.40. The zero-order valence-corrected chi connectivity index (χ0v) is 16.8. The molecule has 0 radical (unpaired) electrons. The highest BCUT2D eigenvalue weighted by atomic mass is 32.1. The summed E-state index contributed by atoms with van der Waals surface area (Å²) in [6.07, 6.45) is 0. The Balaban J connectivity index is 2.02. The van der Waals surface area contributed by atoms with Crippen molar-refractivity contribution < 1.29 is 9.53 Å². The van der Waals surface area contributed by atoms with Crippen LogP contribution in [0.25, 0.3) is 0 Å². The summed E-state index contributed by atoms with van der Waals surface area (Å²) in [6, 6.07) is 11.9. The van der Waals surface area contributed by atoms with Crippen LogP contribution in [0.3, 0.4) is 0 Å². The van der Waals surface area contributed by atoms with Gasteiger partial charge in [0.25, 0.3) is 0 Å². The van der Waals surface area contributed by atoms with E-state index in [0.717, 1.165) is 11.3 Å². The van der Waals surface area contributed by atoms with Gasteiger partial charge >= 0.3 is 5.97 Å². The second kappa shape index (κ2) is 8.81. The predicted octanol–water partition coefficient (Wildman–Crippen LogP) is 4.84. The maximum atomic E-state index is 11.8. The van der Waals surface area contributed by atoms with Crippen molar-refractivity contribution in [2.24, 2.45) is 0 Å². The van der Waals surface area contributed by atoms with Crippen molar-refractivity contribution in [3.05, 3.63) is 64.2 Å². The van der Waals surface area contributed by atoms with E-state index in [4.69, 9.17) is 17.0 Å². The van der Waals surface area contributed by atoms with Crippen LogP contribution in [-0.4, -0.2) is 17.7 Å². The summed E-state index contributed by atoms with van der Waals surface area (Å²) in [4.78, 5) is 11.8. The fourth-order valence-electron chi connectivity index (χ4n) is 2.62. The van der Waals surface area contributed by atoms with Gasteiger partial charge in [-0.2, -0.15) is 0 Å². The van der Waals surface area contributed by atoms with Gasteiger partial charge in [0.2, 0.25) is 0 Å². The predicted molar refractivity (Wildman–Crippen MR) is 111 cm³/mol. The molecule has 1 atom stereocenters. The number of hydrogen-bond acceptors (Lipinski definition) is 3. The van der Waals surface area contributed by atoms with Crippen LogP contribution >= 0.6 is 12.2 Å². The van der Waals surface area contributed by atoms with Crippen molar-refractivity contribution in [2.75, 3.05) is 11.9 Å².